The van der Waals surface area contributed by atoms with E-state index in [1.165, 1.54) is 25.7 Å². The van der Waals surface area contributed by atoms with Crippen LogP contribution in [0.15, 0.2) is 6.07 Å². The molecule has 1 saturated carbocycles. The summed E-state index contributed by atoms with van der Waals surface area (Å²) in [5, 5.41) is 0. The standard InChI is InChI=1S/C24H36F2O2/c1-15-13-16-7-12-19(28-22(16)21(26)20(15)25)14-27-24(5,6)18-10-8-17(9-11-18)23(2,3)4/h13,17-19H,7-12,14H2,1-6H3. The van der Waals surface area contributed by atoms with Crippen molar-refractivity contribution < 1.29 is 18.3 Å². The SMILES string of the molecule is Cc1cc2c(c(F)c1F)OC(COC(C)(C)C1CCC(C(C)(C)C)CC1)CC2. The lowest BCUT2D eigenvalue weighted by molar-refractivity contribution is -0.102. The normalized spacial score (nSPS) is 25.9. The highest BCUT2D eigenvalue weighted by Gasteiger charge is 2.38. The van der Waals surface area contributed by atoms with Crippen LogP contribution in [-0.2, 0) is 11.2 Å². The van der Waals surface area contributed by atoms with Crippen molar-refractivity contribution >= 4 is 0 Å². The third kappa shape index (κ3) is 4.53. The molecule has 0 bridgehead atoms. The summed E-state index contributed by atoms with van der Waals surface area (Å²) in [6, 6.07) is 1.70. The molecule has 0 spiro atoms. The van der Waals surface area contributed by atoms with E-state index in [0.29, 0.717) is 29.9 Å². The molecule has 3 rings (SSSR count). The molecule has 2 nitrogen and oxygen atoms in total. The molecule has 0 radical (unpaired) electrons. The lowest BCUT2D eigenvalue weighted by Crippen LogP contribution is -2.41. The highest BCUT2D eigenvalue weighted by Crippen LogP contribution is 2.44. The summed E-state index contributed by atoms with van der Waals surface area (Å²) in [5.74, 6) is -0.292. The number of hydrogen-bond acceptors (Lipinski definition) is 2. The van der Waals surface area contributed by atoms with Crippen molar-refractivity contribution in [3.05, 3.63) is 28.8 Å². The number of aryl methyl sites for hydroxylation is 2. The summed E-state index contributed by atoms with van der Waals surface area (Å²) in [4.78, 5) is 0. The van der Waals surface area contributed by atoms with Crippen LogP contribution in [0, 0.1) is 35.8 Å². The van der Waals surface area contributed by atoms with Crippen molar-refractivity contribution in [3.63, 3.8) is 0 Å². The fourth-order valence-electron chi connectivity index (χ4n) is 4.86. The van der Waals surface area contributed by atoms with Gasteiger partial charge in [-0.1, -0.05) is 20.8 Å². The van der Waals surface area contributed by atoms with E-state index in [4.69, 9.17) is 9.47 Å². The molecule has 28 heavy (non-hydrogen) atoms. The maximum absolute atomic E-state index is 14.3. The van der Waals surface area contributed by atoms with Gasteiger partial charge in [0.25, 0.3) is 0 Å². The molecule has 1 aliphatic heterocycles. The highest BCUT2D eigenvalue weighted by atomic mass is 19.2. The summed E-state index contributed by atoms with van der Waals surface area (Å²) in [6.07, 6.45) is 6.10. The zero-order valence-corrected chi connectivity index (χ0v) is 18.3. The molecule has 0 amide bonds. The van der Waals surface area contributed by atoms with E-state index in [-0.39, 0.29) is 17.5 Å². The molecule has 2 aliphatic rings. The van der Waals surface area contributed by atoms with Gasteiger partial charge in [0.2, 0.25) is 5.82 Å². The maximum Gasteiger partial charge on any atom is 0.201 e. The van der Waals surface area contributed by atoms with E-state index in [2.05, 4.69) is 34.6 Å². The van der Waals surface area contributed by atoms with E-state index in [1.807, 2.05) is 0 Å². The van der Waals surface area contributed by atoms with Gasteiger partial charge in [-0.25, -0.2) is 4.39 Å². The van der Waals surface area contributed by atoms with Gasteiger partial charge in [-0.05, 0) is 93.7 Å². The van der Waals surface area contributed by atoms with E-state index >= 15 is 0 Å². The third-order valence-electron chi connectivity index (χ3n) is 7.02. The van der Waals surface area contributed by atoms with E-state index in [1.54, 1.807) is 13.0 Å². The Hall–Kier alpha value is -1.16. The van der Waals surface area contributed by atoms with E-state index in [0.717, 1.165) is 17.9 Å². The van der Waals surface area contributed by atoms with Crippen LogP contribution in [0.3, 0.4) is 0 Å². The molecule has 1 heterocycles. The fourth-order valence-corrected chi connectivity index (χ4v) is 4.86. The molecule has 1 fully saturated rings. The Morgan fingerprint density at radius 1 is 0.964 bits per heavy atom. The largest absolute Gasteiger partial charge is 0.485 e. The fraction of sp³-hybridized carbons (Fsp3) is 0.750. The molecule has 4 heteroatoms. The van der Waals surface area contributed by atoms with E-state index < -0.39 is 11.6 Å². The Kier molecular flexibility index (Phi) is 6.10. The summed E-state index contributed by atoms with van der Waals surface area (Å²) in [7, 11) is 0. The number of halogens is 2. The van der Waals surface area contributed by atoms with Crippen molar-refractivity contribution in [2.45, 2.75) is 91.8 Å². The lowest BCUT2D eigenvalue weighted by atomic mass is 9.67. The number of rotatable bonds is 4. The predicted octanol–water partition coefficient (Wildman–Crippen LogP) is 6.61. The quantitative estimate of drug-likeness (QED) is 0.572. The first-order chi connectivity index (χ1) is 13.0. The number of hydrogen-bond donors (Lipinski definition) is 0. The van der Waals surface area contributed by atoms with Crippen molar-refractivity contribution in [2.75, 3.05) is 6.61 Å². The zero-order valence-electron chi connectivity index (χ0n) is 18.3. The van der Waals surface area contributed by atoms with Crippen molar-refractivity contribution in [2.24, 2.45) is 17.3 Å². The predicted molar refractivity (Wildman–Crippen MR) is 109 cm³/mol. The summed E-state index contributed by atoms with van der Waals surface area (Å²) < 4.78 is 40.3. The average molecular weight is 395 g/mol. The molecule has 1 aromatic rings. The Balaban J connectivity index is 1.57. The molecule has 0 saturated heterocycles. The van der Waals surface area contributed by atoms with Crippen molar-refractivity contribution in [1.29, 1.82) is 0 Å². The minimum absolute atomic E-state index is 0.0754. The van der Waals surface area contributed by atoms with Crippen LogP contribution in [0.1, 0.15) is 77.8 Å². The zero-order chi connectivity index (χ0) is 20.7. The molecule has 0 N–H and O–H groups in total. The minimum Gasteiger partial charge on any atom is -0.485 e. The molecule has 1 aliphatic carbocycles. The number of benzene rings is 1. The van der Waals surface area contributed by atoms with Gasteiger partial charge in [0, 0.05) is 0 Å². The van der Waals surface area contributed by atoms with E-state index in [9.17, 15) is 8.78 Å². The van der Waals surface area contributed by atoms with Crippen LogP contribution in [0.25, 0.3) is 0 Å². The first kappa shape index (κ1) is 21.5. The molecule has 1 atom stereocenters. The minimum atomic E-state index is -0.862. The van der Waals surface area contributed by atoms with Crippen LogP contribution < -0.4 is 4.74 Å². The average Bonchev–Trinajstić information content (AvgIpc) is 2.64. The Morgan fingerprint density at radius 2 is 1.57 bits per heavy atom. The van der Waals surface area contributed by atoms with Gasteiger partial charge in [-0.3, -0.25) is 0 Å². The van der Waals surface area contributed by atoms with Gasteiger partial charge in [0.05, 0.1) is 12.2 Å². The number of ether oxygens (including phenoxy) is 2. The van der Waals surface area contributed by atoms with Crippen molar-refractivity contribution in [3.8, 4) is 5.75 Å². The first-order valence-corrected chi connectivity index (χ1v) is 10.8. The smallest absolute Gasteiger partial charge is 0.201 e. The summed E-state index contributed by atoms with van der Waals surface area (Å²) >= 11 is 0. The molecular formula is C24H36F2O2. The molecule has 1 unspecified atom stereocenters. The Morgan fingerprint density at radius 3 is 2.18 bits per heavy atom. The van der Waals surface area contributed by atoms with Crippen LogP contribution in [-0.4, -0.2) is 18.3 Å². The molecular weight excluding hydrogens is 358 g/mol. The van der Waals surface area contributed by atoms with Gasteiger partial charge >= 0.3 is 0 Å². The number of fused-ring (bicyclic) bond motifs is 1. The van der Waals surface area contributed by atoms with Crippen LogP contribution in [0.2, 0.25) is 0 Å². The van der Waals surface area contributed by atoms with Gasteiger partial charge in [0.1, 0.15) is 6.10 Å². The molecule has 158 valence electrons. The van der Waals surface area contributed by atoms with Gasteiger partial charge in [0.15, 0.2) is 11.6 Å². The monoisotopic (exact) mass is 394 g/mol. The molecule has 0 aromatic heterocycles. The van der Waals surface area contributed by atoms with Gasteiger partial charge in [-0.2, -0.15) is 4.39 Å². The van der Waals surface area contributed by atoms with Crippen LogP contribution >= 0.6 is 0 Å². The third-order valence-corrected chi connectivity index (χ3v) is 7.02. The van der Waals surface area contributed by atoms with Crippen LogP contribution in [0.5, 0.6) is 5.75 Å². The van der Waals surface area contributed by atoms with Crippen LogP contribution in [0.4, 0.5) is 8.78 Å². The second-order valence-electron chi connectivity index (χ2n) is 10.4. The molecule has 1 aromatic carbocycles. The van der Waals surface area contributed by atoms with Crippen molar-refractivity contribution in [1.82, 2.24) is 0 Å². The van der Waals surface area contributed by atoms with Gasteiger partial charge < -0.3 is 9.47 Å². The summed E-state index contributed by atoms with van der Waals surface area (Å²) in [6.45, 7) is 13.3. The first-order valence-electron chi connectivity index (χ1n) is 10.8. The Bertz CT molecular complexity index is 698. The highest BCUT2D eigenvalue weighted by molar-refractivity contribution is 5.41. The second-order valence-corrected chi connectivity index (χ2v) is 10.4. The lowest BCUT2D eigenvalue weighted by Gasteiger charge is -2.43. The second kappa shape index (κ2) is 7.93. The van der Waals surface area contributed by atoms with Gasteiger partial charge in [-0.15, -0.1) is 0 Å². The Labute approximate surface area is 169 Å². The maximum atomic E-state index is 14.3. The topological polar surface area (TPSA) is 18.5 Å². The summed E-state index contributed by atoms with van der Waals surface area (Å²) in [5.41, 5.74) is 1.23.